The molecule has 98 valence electrons. The molecule has 0 bridgehead atoms. The summed E-state index contributed by atoms with van der Waals surface area (Å²) in [6.45, 7) is 2.63. The molecule has 1 aliphatic rings. The largest absolute Gasteiger partial charge is 0.476 e. The Morgan fingerprint density at radius 3 is 2.89 bits per heavy atom. The van der Waals surface area contributed by atoms with E-state index in [0.29, 0.717) is 0 Å². The lowest BCUT2D eigenvalue weighted by molar-refractivity contribution is 0.0696. The molecule has 0 fully saturated rings. The molecule has 3 rings (SSSR count). The van der Waals surface area contributed by atoms with Gasteiger partial charge in [0, 0.05) is 25.0 Å². The number of fused-ring (bicyclic) bond motifs is 1. The fourth-order valence-corrected chi connectivity index (χ4v) is 3.04. The van der Waals surface area contributed by atoms with Crippen molar-refractivity contribution < 1.29 is 9.90 Å². The van der Waals surface area contributed by atoms with Crippen molar-refractivity contribution in [3.05, 3.63) is 51.5 Å². The fraction of sp³-hybridized carbons (Fsp3) is 0.286. The van der Waals surface area contributed by atoms with Gasteiger partial charge in [0.25, 0.3) is 0 Å². The average molecular weight is 274 g/mol. The van der Waals surface area contributed by atoms with Crippen LogP contribution in [0.25, 0.3) is 0 Å². The molecule has 0 atom stereocenters. The van der Waals surface area contributed by atoms with Crippen LogP contribution < -0.4 is 0 Å². The number of carboxylic acids is 1. The molecule has 1 aromatic heterocycles. The van der Waals surface area contributed by atoms with Crippen LogP contribution in [0.3, 0.4) is 0 Å². The Balaban J connectivity index is 1.70. The van der Waals surface area contributed by atoms with Gasteiger partial charge in [0.05, 0.1) is 5.69 Å². The van der Waals surface area contributed by atoms with E-state index in [2.05, 4.69) is 34.1 Å². The monoisotopic (exact) mass is 274 g/mol. The first-order valence-corrected chi connectivity index (χ1v) is 7.07. The van der Waals surface area contributed by atoms with Gasteiger partial charge in [-0.25, -0.2) is 9.78 Å². The summed E-state index contributed by atoms with van der Waals surface area (Å²) in [5.41, 5.74) is 3.63. The summed E-state index contributed by atoms with van der Waals surface area (Å²) in [7, 11) is 0. The summed E-state index contributed by atoms with van der Waals surface area (Å²) in [6.07, 6.45) is 1.05. The standard InChI is InChI=1S/C14H14N2O2S/c17-14(18)13-15-12(9-19-13)8-16-6-5-10-3-1-2-4-11(10)7-16/h1-4,9H,5-8H2,(H,17,18). The Hall–Kier alpha value is -1.72. The molecule has 0 saturated carbocycles. The van der Waals surface area contributed by atoms with Crippen LogP contribution in [0.15, 0.2) is 29.6 Å². The van der Waals surface area contributed by atoms with Crippen LogP contribution in [-0.4, -0.2) is 27.5 Å². The first-order valence-electron chi connectivity index (χ1n) is 6.19. The Labute approximate surface area is 115 Å². The van der Waals surface area contributed by atoms with Gasteiger partial charge in [-0.15, -0.1) is 11.3 Å². The normalized spacial score (nSPS) is 15.2. The third kappa shape index (κ3) is 2.67. The van der Waals surface area contributed by atoms with Gasteiger partial charge in [0.2, 0.25) is 5.01 Å². The molecule has 0 radical (unpaired) electrons. The van der Waals surface area contributed by atoms with Crippen LogP contribution in [0.5, 0.6) is 0 Å². The van der Waals surface area contributed by atoms with E-state index >= 15 is 0 Å². The maximum atomic E-state index is 10.8. The highest BCUT2D eigenvalue weighted by Crippen LogP contribution is 2.20. The Morgan fingerprint density at radius 1 is 1.37 bits per heavy atom. The zero-order chi connectivity index (χ0) is 13.2. The number of rotatable bonds is 3. The summed E-state index contributed by atoms with van der Waals surface area (Å²) >= 11 is 1.19. The fourth-order valence-electron chi connectivity index (χ4n) is 2.40. The van der Waals surface area contributed by atoms with Gasteiger partial charge in [-0.1, -0.05) is 24.3 Å². The number of hydrogen-bond donors (Lipinski definition) is 1. The first-order chi connectivity index (χ1) is 9.22. The second kappa shape index (κ2) is 5.11. The molecule has 0 spiro atoms. The topological polar surface area (TPSA) is 53.4 Å². The molecule has 0 unspecified atom stereocenters. The maximum absolute atomic E-state index is 10.8. The van der Waals surface area contributed by atoms with Crippen molar-refractivity contribution in [1.29, 1.82) is 0 Å². The molecule has 19 heavy (non-hydrogen) atoms. The number of carbonyl (C=O) groups is 1. The lowest BCUT2D eigenvalue weighted by Crippen LogP contribution is -2.30. The van der Waals surface area contributed by atoms with Gasteiger partial charge < -0.3 is 5.11 Å². The first kappa shape index (κ1) is 12.3. The van der Waals surface area contributed by atoms with E-state index in [1.165, 1.54) is 22.5 Å². The second-order valence-corrected chi connectivity index (χ2v) is 5.54. The minimum atomic E-state index is -0.944. The number of benzene rings is 1. The van der Waals surface area contributed by atoms with E-state index in [1.807, 2.05) is 5.38 Å². The molecular weight excluding hydrogens is 260 g/mol. The van der Waals surface area contributed by atoms with Crippen molar-refractivity contribution in [3.63, 3.8) is 0 Å². The van der Waals surface area contributed by atoms with Crippen LogP contribution in [0, 0.1) is 0 Å². The Morgan fingerprint density at radius 2 is 2.16 bits per heavy atom. The van der Waals surface area contributed by atoms with Crippen LogP contribution in [0.1, 0.15) is 26.6 Å². The van der Waals surface area contributed by atoms with E-state index in [-0.39, 0.29) is 5.01 Å². The maximum Gasteiger partial charge on any atom is 0.365 e. The lowest BCUT2D eigenvalue weighted by atomic mass is 10.00. The summed E-state index contributed by atoms with van der Waals surface area (Å²) in [6, 6.07) is 8.48. The summed E-state index contributed by atoms with van der Waals surface area (Å²) in [5.74, 6) is -0.944. The molecule has 0 aliphatic carbocycles. The zero-order valence-corrected chi connectivity index (χ0v) is 11.2. The predicted molar refractivity (Wildman–Crippen MR) is 73.3 cm³/mol. The minimum Gasteiger partial charge on any atom is -0.476 e. The molecule has 0 saturated heterocycles. The average Bonchev–Trinajstić information content (AvgIpc) is 2.87. The van der Waals surface area contributed by atoms with Crippen molar-refractivity contribution in [3.8, 4) is 0 Å². The quantitative estimate of drug-likeness (QED) is 0.933. The number of carboxylic acid groups (broad SMARTS) is 1. The molecular formula is C14H14N2O2S. The second-order valence-electron chi connectivity index (χ2n) is 4.68. The van der Waals surface area contributed by atoms with Crippen LogP contribution in [0.2, 0.25) is 0 Å². The number of aromatic nitrogens is 1. The zero-order valence-electron chi connectivity index (χ0n) is 10.4. The van der Waals surface area contributed by atoms with Crippen LogP contribution in [0.4, 0.5) is 0 Å². The van der Waals surface area contributed by atoms with E-state index in [0.717, 1.165) is 31.7 Å². The molecule has 2 heterocycles. The predicted octanol–water partition coefficient (Wildman–Crippen LogP) is 2.40. The van der Waals surface area contributed by atoms with Crippen molar-refractivity contribution in [2.24, 2.45) is 0 Å². The molecule has 5 heteroatoms. The molecule has 2 aromatic rings. The highest BCUT2D eigenvalue weighted by molar-refractivity contribution is 7.11. The van der Waals surface area contributed by atoms with Crippen LogP contribution in [-0.2, 0) is 19.5 Å². The van der Waals surface area contributed by atoms with Gasteiger partial charge in [-0.2, -0.15) is 0 Å². The van der Waals surface area contributed by atoms with Crippen LogP contribution >= 0.6 is 11.3 Å². The summed E-state index contributed by atoms with van der Waals surface area (Å²) < 4.78 is 0. The number of aromatic carboxylic acids is 1. The number of hydrogen-bond acceptors (Lipinski definition) is 4. The highest BCUT2D eigenvalue weighted by atomic mass is 32.1. The van der Waals surface area contributed by atoms with Crippen molar-refractivity contribution in [2.45, 2.75) is 19.5 Å². The van der Waals surface area contributed by atoms with E-state index in [1.54, 1.807) is 0 Å². The summed E-state index contributed by atoms with van der Waals surface area (Å²) in [5, 5.41) is 10.9. The van der Waals surface area contributed by atoms with Gasteiger partial charge in [0.1, 0.15) is 0 Å². The molecule has 1 aliphatic heterocycles. The molecule has 1 aromatic carbocycles. The third-order valence-electron chi connectivity index (χ3n) is 3.33. The van der Waals surface area contributed by atoms with E-state index < -0.39 is 5.97 Å². The Bertz CT molecular complexity index is 609. The van der Waals surface area contributed by atoms with E-state index in [9.17, 15) is 4.79 Å². The lowest BCUT2D eigenvalue weighted by Gasteiger charge is -2.27. The molecule has 4 nitrogen and oxygen atoms in total. The van der Waals surface area contributed by atoms with Crippen molar-refractivity contribution in [2.75, 3.05) is 6.54 Å². The molecule has 0 amide bonds. The minimum absolute atomic E-state index is 0.174. The molecule has 1 N–H and O–H groups in total. The smallest absolute Gasteiger partial charge is 0.365 e. The number of nitrogens with zero attached hydrogens (tertiary/aromatic N) is 2. The third-order valence-corrected chi connectivity index (χ3v) is 4.21. The van der Waals surface area contributed by atoms with Crippen molar-refractivity contribution in [1.82, 2.24) is 9.88 Å². The van der Waals surface area contributed by atoms with Crippen molar-refractivity contribution >= 4 is 17.3 Å². The van der Waals surface area contributed by atoms with Gasteiger partial charge in [-0.05, 0) is 17.5 Å². The van der Waals surface area contributed by atoms with E-state index in [4.69, 9.17) is 5.11 Å². The van der Waals surface area contributed by atoms with Gasteiger partial charge in [0.15, 0.2) is 0 Å². The SMILES string of the molecule is O=C(O)c1nc(CN2CCc3ccccc3C2)cs1. The van der Waals surface area contributed by atoms with Gasteiger partial charge in [-0.3, -0.25) is 4.90 Å². The highest BCUT2D eigenvalue weighted by Gasteiger charge is 2.17. The summed E-state index contributed by atoms with van der Waals surface area (Å²) in [4.78, 5) is 17.3. The van der Waals surface area contributed by atoms with Gasteiger partial charge >= 0.3 is 5.97 Å². The number of thiazole rings is 1. The Kier molecular flexibility index (Phi) is 3.31.